The summed E-state index contributed by atoms with van der Waals surface area (Å²) in [6, 6.07) is 4.78. The molecule has 2 N–H and O–H groups in total. The van der Waals surface area contributed by atoms with E-state index in [1.54, 1.807) is 12.1 Å². The zero-order valence-electron chi connectivity index (χ0n) is 11.2. The minimum Gasteiger partial charge on any atom is -0.393 e. The Kier molecular flexibility index (Phi) is 4.37. The third-order valence-electron chi connectivity index (χ3n) is 3.74. The van der Waals surface area contributed by atoms with Crippen molar-refractivity contribution in [1.29, 1.82) is 0 Å². The topological polar surface area (TPSA) is 78.4 Å². The van der Waals surface area contributed by atoms with Crippen molar-refractivity contribution >= 4 is 11.4 Å². The minimum absolute atomic E-state index is 0.0461. The standard InChI is InChI=1S/C14H20N2O3/c1-10-2-5-12(6-3-10)19-9-11-4-7-14(16(17)18)13(15)8-11/h4,7-8,10,12H,2-3,5-6,9,15H2,1H3. The molecule has 0 aromatic heterocycles. The van der Waals surface area contributed by atoms with Crippen LogP contribution in [0.4, 0.5) is 11.4 Å². The van der Waals surface area contributed by atoms with Crippen molar-refractivity contribution in [2.24, 2.45) is 5.92 Å². The maximum atomic E-state index is 10.7. The fraction of sp³-hybridized carbons (Fsp3) is 0.571. The summed E-state index contributed by atoms with van der Waals surface area (Å²) in [5.41, 5.74) is 6.69. The summed E-state index contributed by atoms with van der Waals surface area (Å²) in [6.45, 7) is 2.74. The lowest BCUT2D eigenvalue weighted by Crippen LogP contribution is -2.20. The summed E-state index contributed by atoms with van der Waals surface area (Å²) in [5.74, 6) is 0.801. The van der Waals surface area contributed by atoms with Crippen LogP contribution in [0.2, 0.25) is 0 Å². The van der Waals surface area contributed by atoms with Gasteiger partial charge in [-0.25, -0.2) is 0 Å². The normalized spacial score (nSPS) is 23.2. The van der Waals surface area contributed by atoms with Crippen LogP contribution in [0, 0.1) is 16.0 Å². The average molecular weight is 264 g/mol. The highest BCUT2D eigenvalue weighted by atomic mass is 16.6. The quantitative estimate of drug-likeness (QED) is 0.514. The number of anilines is 1. The van der Waals surface area contributed by atoms with Gasteiger partial charge in [0.25, 0.3) is 5.69 Å². The summed E-state index contributed by atoms with van der Waals surface area (Å²) < 4.78 is 5.85. The van der Waals surface area contributed by atoms with Crippen LogP contribution in [-0.4, -0.2) is 11.0 Å². The predicted octanol–water partition coefficient (Wildman–Crippen LogP) is 3.27. The highest BCUT2D eigenvalue weighted by Crippen LogP contribution is 2.27. The van der Waals surface area contributed by atoms with Gasteiger partial charge in [0.15, 0.2) is 0 Å². The predicted molar refractivity (Wildman–Crippen MR) is 73.7 cm³/mol. The second-order valence-electron chi connectivity index (χ2n) is 5.34. The molecule has 1 aromatic carbocycles. The van der Waals surface area contributed by atoms with Crippen molar-refractivity contribution in [2.45, 2.75) is 45.3 Å². The molecule has 0 amide bonds. The second-order valence-corrected chi connectivity index (χ2v) is 5.34. The molecule has 0 atom stereocenters. The number of nitro benzene ring substituents is 1. The number of nitro groups is 1. The smallest absolute Gasteiger partial charge is 0.292 e. The Balaban J connectivity index is 1.89. The van der Waals surface area contributed by atoms with Gasteiger partial charge in [0.05, 0.1) is 17.6 Å². The number of rotatable bonds is 4. The van der Waals surface area contributed by atoms with Crippen LogP contribution in [0.15, 0.2) is 18.2 Å². The van der Waals surface area contributed by atoms with Gasteiger partial charge in [-0.05, 0) is 49.3 Å². The molecular weight excluding hydrogens is 244 g/mol. The lowest BCUT2D eigenvalue weighted by Gasteiger charge is -2.26. The second kappa shape index (κ2) is 6.02. The Hall–Kier alpha value is -1.62. The molecule has 1 aromatic rings. The summed E-state index contributed by atoms with van der Waals surface area (Å²) >= 11 is 0. The molecule has 1 aliphatic rings. The van der Waals surface area contributed by atoms with Crippen LogP contribution in [0.3, 0.4) is 0 Å². The zero-order valence-corrected chi connectivity index (χ0v) is 11.2. The number of hydrogen-bond acceptors (Lipinski definition) is 4. The molecule has 0 radical (unpaired) electrons. The maximum Gasteiger partial charge on any atom is 0.292 e. The van der Waals surface area contributed by atoms with Crippen molar-refractivity contribution < 1.29 is 9.66 Å². The van der Waals surface area contributed by atoms with E-state index in [1.807, 2.05) is 0 Å². The summed E-state index contributed by atoms with van der Waals surface area (Å²) in [7, 11) is 0. The third-order valence-corrected chi connectivity index (χ3v) is 3.74. The van der Waals surface area contributed by atoms with Gasteiger partial charge in [-0.15, -0.1) is 0 Å². The Morgan fingerprint density at radius 3 is 2.63 bits per heavy atom. The van der Waals surface area contributed by atoms with Crippen molar-refractivity contribution in [3.8, 4) is 0 Å². The first-order valence-corrected chi connectivity index (χ1v) is 6.70. The largest absolute Gasteiger partial charge is 0.393 e. The van der Waals surface area contributed by atoms with Crippen molar-refractivity contribution in [2.75, 3.05) is 5.73 Å². The number of nitrogen functional groups attached to an aromatic ring is 1. The van der Waals surface area contributed by atoms with E-state index in [9.17, 15) is 10.1 Å². The molecule has 2 rings (SSSR count). The Morgan fingerprint density at radius 2 is 2.05 bits per heavy atom. The van der Waals surface area contributed by atoms with E-state index in [2.05, 4.69) is 6.92 Å². The van der Waals surface area contributed by atoms with Crippen molar-refractivity contribution in [1.82, 2.24) is 0 Å². The van der Waals surface area contributed by atoms with Gasteiger partial charge in [-0.3, -0.25) is 10.1 Å². The molecule has 0 unspecified atom stereocenters. The molecule has 5 heteroatoms. The van der Waals surface area contributed by atoms with Gasteiger partial charge >= 0.3 is 0 Å². The SMILES string of the molecule is CC1CCC(OCc2ccc([N+](=O)[O-])c(N)c2)CC1. The number of nitrogens with two attached hydrogens (primary N) is 1. The van der Waals surface area contributed by atoms with Crippen LogP contribution in [0.25, 0.3) is 0 Å². The van der Waals surface area contributed by atoms with Crippen LogP contribution < -0.4 is 5.73 Å². The fourth-order valence-corrected chi connectivity index (χ4v) is 2.47. The minimum atomic E-state index is -0.470. The molecule has 0 bridgehead atoms. The van der Waals surface area contributed by atoms with E-state index in [-0.39, 0.29) is 11.4 Å². The monoisotopic (exact) mass is 264 g/mol. The molecule has 5 nitrogen and oxygen atoms in total. The highest BCUT2D eigenvalue weighted by molar-refractivity contribution is 5.59. The molecule has 0 saturated heterocycles. The molecule has 0 spiro atoms. The van der Waals surface area contributed by atoms with E-state index < -0.39 is 4.92 Å². The number of nitrogens with zero attached hydrogens (tertiary/aromatic N) is 1. The number of ether oxygens (including phenoxy) is 1. The Bertz CT molecular complexity index is 454. The van der Waals surface area contributed by atoms with Gasteiger partial charge < -0.3 is 10.5 Å². The maximum absolute atomic E-state index is 10.7. The third kappa shape index (κ3) is 3.67. The molecule has 0 aliphatic heterocycles. The summed E-state index contributed by atoms with van der Waals surface area (Å²) in [6.07, 6.45) is 4.94. The molecule has 1 fully saturated rings. The van der Waals surface area contributed by atoms with Gasteiger partial charge in [0.1, 0.15) is 5.69 Å². The van der Waals surface area contributed by atoms with E-state index in [4.69, 9.17) is 10.5 Å². The van der Waals surface area contributed by atoms with Crippen LogP contribution in [0.5, 0.6) is 0 Å². The van der Waals surface area contributed by atoms with Gasteiger partial charge in [-0.1, -0.05) is 6.92 Å². The van der Waals surface area contributed by atoms with E-state index in [1.165, 1.54) is 18.9 Å². The molecule has 1 aliphatic carbocycles. The van der Waals surface area contributed by atoms with Crippen molar-refractivity contribution in [3.63, 3.8) is 0 Å². The van der Waals surface area contributed by atoms with Crippen LogP contribution >= 0.6 is 0 Å². The molecule has 0 heterocycles. The summed E-state index contributed by atoms with van der Waals surface area (Å²) in [5, 5.41) is 10.7. The fourth-order valence-electron chi connectivity index (χ4n) is 2.47. The van der Waals surface area contributed by atoms with E-state index in [0.717, 1.165) is 24.3 Å². The van der Waals surface area contributed by atoms with Gasteiger partial charge in [0, 0.05) is 6.07 Å². The number of hydrogen-bond donors (Lipinski definition) is 1. The molecular formula is C14H20N2O3. The van der Waals surface area contributed by atoms with E-state index >= 15 is 0 Å². The lowest BCUT2D eigenvalue weighted by molar-refractivity contribution is -0.383. The Labute approximate surface area is 112 Å². The lowest BCUT2D eigenvalue weighted by atomic mass is 9.89. The first-order chi connectivity index (χ1) is 9.06. The summed E-state index contributed by atoms with van der Waals surface area (Å²) in [4.78, 5) is 10.2. The van der Waals surface area contributed by atoms with E-state index in [0.29, 0.717) is 12.7 Å². The highest BCUT2D eigenvalue weighted by Gasteiger charge is 2.19. The van der Waals surface area contributed by atoms with Crippen LogP contribution in [-0.2, 0) is 11.3 Å². The number of benzene rings is 1. The average Bonchev–Trinajstić information content (AvgIpc) is 2.37. The Morgan fingerprint density at radius 1 is 1.37 bits per heavy atom. The van der Waals surface area contributed by atoms with Crippen LogP contribution in [0.1, 0.15) is 38.2 Å². The van der Waals surface area contributed by atoms with Crippen molar-refractivity contribution in [3.05, 3.63) is 33.9 Å². The zero-order chi connectivity index (χ0) is 13.8. The first kappa shape index (κ1) is 13.8. The molecule has 19 heavy (non-hydrogen) atoms. The van der Waals surface area contributed by atoms with Gasteiger partial charge in [0.2, 0.25) is 0 Å². The van der Waals surface area contributed by atoms with Gasteiger partial charge in [-0.2, -0.15) is 0 Å². The molecule has 104 valence electrons. The molecule has 1 saturated carbocycles. The first-order valence-electron chi connectivity index (χ1n) is 6.70.